The molecular weight excluding hydrogens is 298 g/mol. The molecule has 1 amide bonds. The molecular formula is C17H21NO5. The predicted octanol–water partition coefficient (Wildman–Crippen LogP) is 2.36. The van der Waals surface area contributed by atoms with E-state index >= 15 is 0 Å². The number of carbonyl (C=O) groups is 2. The predicted molar refractivity (Wildman–Crippen MR) is 85.4 cm³/mol. The number of hydrogen-bond donors (Lipinski definition) is 1. The van der Waals surface area contributed by atoms with E-state index in [4.69, 9.17) is 20.6 Å². The number of esters is 1. The van der Waals surface area contributed by atoms with Crippen LogP contribution in [0.15, 0.2) is 18.2 Å². The Bertz CT molecular complexity index is 610. The number of carbonyl (C=O) groups excluding carboxylic acids is 2. The molecule has 0 aliphatic carbocycles. The number of terminal acetylenes is 1. The van der Waals surface area contributed by atoms with Crippen molar-refractivity contribution in [1.82, 2.24) is 5.32 Å². The molecule has 6 nitrogen and oxygen atoms in total. The molecule has 6 heteroatoms. The van der Waals surface area contributed by atoms with Crippen molar-refractivity contribution in [2.75, 3.05) is 20.3 Å². The zero-order valence-corrected chi connectivity index (χ0v) is 13.8. The first-order valence-corrected chi connectivity index (χ1v) is 7.05. The Morgan fingerprint density at radius 2 is 2.00 bits per heavy atom. The smallest absolute Gasteiger partial charge is 0.407 e. The molecule has 0 aliphatic heterocycles. The Morgan fingerprint density at radius 1 is 1.30 bits per heavy atom. The van der Waals surface area contributed by atoms with Gasteiger partial charge in [0.05, 0.1) is 13.7 Å². The Kier molecular flexibility index (Phi) is 6.46. The number of rotatable bonds is 5. The number of alkyl carbamates (subject to hydrolysis) is 1. The number of methoxy groups -OCH3 is 1. The van der Waals surface area contributed by atoms with Crippen LogP contribution in [-0.2, 0) is 9.47 Å². The van der Waals surface area contributed by atoms with Gasteiger partial charge < -0.3 is 19.5 Å². The van der Waals surface area contributed by atoms with Crippen LogP contribution in [0.3, 0.4) is 0 Å². The van der Waals surface area contributed by atoms with Crippen molar-refractivity contribution >= 4 is 12.1 Å². The lowest BCUT2D eigenvalue weighted by Crippen LogP contribution is -2.34. The molecule has 0 aromatic heterocycles. The molecule has 1 rings (SSSR count). The van der Waals surface area contributed by atoms with Crippen LogP contribution in [0.4, 0.5) is 4.79 Å². The van der Waals surface area contributed by atoms with Crippen molar-refractivity contribution in [3.8, 4) is 18.1 Å². The van der Waals surface area contributed by atoms with Crippen LogP contribution in [0.2, 0.25) is 0 Å². The Labute approximate surface area is 136 Å². The normalized spacial score (nSPS) is 10.4. The van der Waals surface area contributed by atoms with E-state index in [1.54, 1.807) is 32.9 Å². The first-order chi connectivity index (χ1) is 10.8. The largest absolute Gasteiger partial charge is 0.491 e. The van der Waals surface area contributed by atoms with Crippen LogP contribution in [-0.4, -0.2) is 37.9 Å². The summed E-state index contributed by atoms with van der Waals surface area (Å²) in [6, 6.07) is 4.76. The summed E-state index contributed by atoms with van der Waals surface area (Å²) < 4.78 is 15.3. The van der Waals surface area contributed by atoms with Crippen molar-refractivity contribution in [1.29, 1.82) is 0 Å². The minimum atomic E-state index is -0.561. The molecule has 0 unspecified atom stereocenters. The number of amides is 1. The lowest BCUT2D eigenvalue weighted by molar-refractivity contribution is 0.0516. The molecule has 23 heavy (non-hydrogen) atoms. The summed E-state index contributed by atoms with van der Waals surface area (Å²) >= 11 is 0. The fourth-order valence-corrected chi connectivity index (χ4v) is 1.64. The molecule has 1 aromatic carbocycles. The number of hydrogen-bond acceptors (Lipinski definition) is 5. The highest BCUT2D eigenvalue weighted by Gasteiger charge is 2.16. The van der Waals surface area contributed by atoms with Gasteiger partial charge in [0.15, 0.2) is 0 Å². The monoisotopic (exact) mass is 319 g/mol. The van der Waals surface area contributed by atoms with Crippen molar-refractivity contribution in [3.05, 3.63) is 29.3 Å². The maximum atomic E-state index is 11.7. The molecule has 124 valence electrons. The third kappa shape index (κ3) is 6.30. The highest BCUT2D eigenvalue weighted by molar-refractivity contribution is 5.92. The van der Waals surface area contributed by atoms with E-state index in [0.29, 0.717) is 11.3 Å². The fraction of sp³-hybridized carbons (Fsp3) is 0.412. The highest BCUT2D eigenvalue weighted by Crippen LogP contribution is 2.21. The van der Waals surface area contributed by atoms with E-state index < -0.39 is 17.7 Å². The van der Waals surface area contributed by atoms with Gasteiger partial charge in [0.2, 0.25) is 0 Å². The zero-order chi connectivity index (χ0) is 17.5. The molecule has 0 heterocycles. The van der Waals surface area contributed by atoms with Crippen LogP contribution in [0.5, 0.6) is 5.75 Å². The molecule has 0 aliphatic rings. The molecule has 0 spiro atoms. The summed E-state index contributed by atoms with van der Waals surface area (Å²) in [6.07, 6.45) is 4.78. The quantitative estimate of drug-likeness (QED) is 0.512. The SMILES string of the molecule is C#Cc1ccc(OCCNC(=O)OC(C)(C)C)c(C(=O)OC)c1. The van der Waals surface area contributed by atoms with Crippen LogP contribution in [0.25, 0.3) is 0 Å². The molecule has 0 saturated heterocycles. The minimum Gasteiger partial charge on any atom is -0.491 e. The summed E-state index contributed by atoms with van der Waals surface area (Å²) in [4.78, 5) is 23.2. The van der Waals surface area contributed by atoms with Gasteiger partial charge in [-0.1, -0.05) is 5.92 Å². The van der Waals surface area contributed by atoms with Gasteiger partial charge >= 0.3 is 12.1 Å². The molecule has 1 aromatic rings. The first-order valence-electron chi connectivity index (χ1n) is 7.05. The Balaban J connectivity index is 2.60. The lowest BCUT2D eigenvalue weighted by Gasteiger charge is -2.19. The average Bonchev–Trinajstić information content (AvgIpc) is 2.49. The third-order valence-corrected chi connectivity index (χ3v) is 2.58. The van der Waals surface area contributed by atoms with Crippen molar-refractivity contribution in [3.63, 3.8) is 0 Å². The van der Waals surface area contributed by atoms with Crippen molar-refractivity contribution < 1.29 is 23.8 Å². The van der Waals surface area contributed by atoms with E-state index in [1.165, 1.54) is 13.2 Å². The van der Waals surface area contributed by atoms with E-state index in [1.807, 2.05) is 0 Å². The average molecular weight is 319 g/mol. The van der Waals surface area contributed by atoms with Crippen molar-refractivity contribution in [2.45, 2.75) is 26.4 Å². The van der Waals surface area contributed by atoms with E-state index in [2.05, 4.69) is 11.2 Å². The molecule has 1 N–H and O–H groups in total. The molecule has 0 radical (unpaired) electrons. The highest BCUT2D eigenvalue weighted by atomic mass is 16.6. The van der Waals surface area contributed by atoms with Gasteiger partial charge in [-0.3, -0.25) is 0 Å². The summed E-state index contributed by atoms with van der Waals surface area (Å²) in [5.41, 5.74) is 0.221. The van der Waals surface area contributed by atoms with Gasteiger partial charge in [-0.05, 0) is 39.0 Å². The molecule has 0 bridgehead atoms. The second-order valence-corrected chi connectivity index (χ2v) is 5.62. The molecule has 0 fully saturated rings. The van der Waals surface area contributed by atoms with E-state index in [9.17, 15) is 9.59 Å². The first kappa shape index (κ1) is 18.4. The zero-order valence-electron chi connectivity index (χ0n) is 13.8. The maximum absolute atomic E-state index is 11.7. The summed E-state index contributed by atoms with van der Waals surface area (Å²) in [7, 11) is 1.28. The van der Waals surface area contributed by atoms with E-state index in [0.717, 1.165) is 0 Å². The fourth-order valence-electron chi connectivity index (χ4n) is 1.64. The second kappa shape index (κ2) is 8.08. The lowest BCUT2D eigenvalue weighted by atomic mass is 10.1. The maximum Gasteiger partial charge on any atom is 0.407 e. The van der Waals surface area contributed by atoms with Crippen LogP contribution >= 0.6 is 0 Å². The van der Waals surface area contributed by atoms with Gasteiger partial charge in [0.25, 0.3) is 0 Å². The van der Waals surface area contributed by atoms with Gasteiger partial charge in [-0.15, -0.1) is 6.42 Å². The summed E-state index contributed by atoms with van der Waals surface area (Å²) in [5.74, 6) is 2.23. The summed E-state index contributed by atoms with van der Waals surface area (Å²) in [6.45, 7) is 5.72. The Hall–Kier alpha value is -2.68. The van der Waals surface area contributed by atoms with Crippen LogP contribution < -0.4 is 10.1 Å². The Morgan fingerprint density at radius 3 is 2.57 bits per heavy atom. The van der Waals surface area contributed by atoms with Crippen LogP contribution in [0.1, 0.15) is 36.7 Å². The topological polar surface area (TPSA) is 73.9 Å². The van der Waals surface area contributed by atoms with Gasteiger partial charge in [0, 0.05) is 5.56 Å². The minimum absolute atomic E-state index is 0.165. The number of nitrogens with one attached hydrogen (secondary N) is 1. The third-order valence-electron chi connectivity index (χ3n) is 2.58. The van der Waals surface area contributed by atoms with Crippen molar-refractivity contribution in [2.24, 2.45) is 0 Å². The second-order valence-electron chi connectivity index (χ2n) is 5.62. The van der Waals surface area contributed by atoms with Gasteiger partial charge in [-0.2, -0.15) is 0 Å². The molecule has 0 atom stereocenters. The molecule has 0 saturated carbocycles. The number of ether oxygens (including phenoxy) is 3. The number of benzene rings is 1. The standard InChI is InChI=1S/C17H21NO5/c1-6-12-7-8-14(13(11-12)15(19)21-5)22-10-9-18-16(20)23-17(2,3)4/h1,7-8,11H,9-10H2,2-5H3,(H,18,20). The van der Waals surface area contributed by atoms with Gasteiger partial charge in [0.1, 0.15) is 23.5 Å². The van der Waals surface area contributed by atoms with Crippen LogP contribution in [0, 0.1) is 12.3 Å². The van der Waals surface area contributed by atoms with E-state index in [-0.39, 0.29) is 18.7 Å². The summed E-state index contributed by atoms with van der Waals surface area (Å²) in [5, 5.41) is 2.56. The van der Waals surface area contributed by atoms with Gasteiger partial charge in [-0.25, -0.2) is 9.59 Å².